The molecule has 0 radical (unpaired) electrons. The zero-order chi connectivity index (χ0) is 12.5. The largest absolute Gasteiger partial charge is 0.390 e. The van der Waals surface area contributed by atoms with E-state index in [1.54, 1.807) is 6.07 Å². The van der Waals surface area contributed by atoms with E-state index in [0.29, 0.717) is 36.3 Å². The molecule has 2 rings (SSSR count). The summed E-state index contributed by atoms with van der Waals surface area (Å²) in [5.41, 5.74) is -0.661. The number of hydrogen-bond donors (Lipinski definition) is 1. The third kappa shape index (κ3) is 2.85. The first kappa shape index (κ1) is 12.5. The van der Waals surface area contributed by atoms with Gasteiger partial charge in [0.2, 0.25) is 0 Å². The number of benzene rings is 1. The molecule has 0 spiro atoms. The zero-order valence-electron chi connectivity index (χ0n) is 9.38. The molecule has 1 fully saturated rings. The van der Waals surface area contributed by atoms with Crippen molar-refractivity contribution < 1.29 is 14.3 Å². The van der Waals surface area contributed by atoms with Gasteiger partial charge in [0.25, 0.3) is 0 Å². The molecular formula is C13H14ClFO2. The van der Waals surface area contributed by atoms with Crippen molar-refractivity contribution in [3.63, 3.8) is 0 Å². The van der Waals surface area contributed by atoms with E-state index >= 15 is 0 Å². The van der Waals surface area contributed by atoms with Crippen molar-refractivity contribution in [3.05, 3.63) is 34.6 Å². The van der Waals surface area contributed by atoms with E-state index < -0.39 is 11.4 Å². The van der Waals surface area contributed by atoms with Crippen molar-refractivity contribution in [2.24, 2.45) is 0 Å². The zero-order valence-corrected chi connectivity index (χ0v) is 10.1. The van der Waals surface area contributed by atoms with Crippen LogP contribution in [0, 0.1) is 5.82 Å². The first-order chi connectivity index (χ1) is 8.00. The van der Waals surface area contributed by atoms with Gasteiger partial charge in [0, 0.05) is 29.8 Å². The lowest BCUT2D eigenvalue weighted by Gasteiger charge is -2.31. The van der Waals surface area contributed by atoms with Gasteiger partial charge in [-0.05, 0) is 25.0 Å². The number of hydrogen-bond acceptors (Lipinski definition) is 2. The molecule has 1 N–H and O–H groups in total. The molecule has 0 bridgehead atoms. The second-order valence-corrected chi connectivity index (χ2v) is 5.05. The summed E-state index contributed by atoms with van der Waals surface area (Å²) in [6, 6.07) is 4.48. The fourth-order valence-electron chi connectivity index (χ4n) is 2.20. The average Bonchev–Trinajstić information content (AvgIpc) is 2.29. The number of halogens is 2. The highest BCUT2D eigenvalue weighted by Crippen LogP contribution is 2.32. The lowest BCUT2D eigenvalue weighted by Crippen LogP contribution is -2.36. The van der Waals surface area contributed by atoms with Crippen LogP contribution in [0.2, 0.25) is 5.02 Å². The van der Waals surface area contributed by atoms with E-state index in [2.05, 4.69) is 0 Å². The number of ketones is 1. The second-order valence-electron chi connectivity index (χ2n) is 4.64. The van der Waals surface area contributed by atoms with Gasteiger partial charge in [0.15, 0.2) is 0 Å². The van der Waals surface area contributed by atoms with E-state index in [1.165, 1.54) is 12.1 Å². The van der Waals surface area contributed by atoms with Gasteiger partial charge in [-0.15, -0.1) is 0 Å². The number of carbonyl (C=O) groups excluding carboxylic acids is 1. The first-order valence-corrected chi connectivity index (χ1v) is 6.05. The fourth-order valence-corrected chi connectivity index (χ4v) is 2.43. The maximum atomic E-state index is 13.6. The summed E-state index contributed by atoms with van der Waals surface area (Å²) in [7, 11) is 0. The summed E-state index contributed by atoms with van der Waals surface area (Å²) < 4.78 is 13.6. The topological polar surface area (TPSA) is 37.3 Å². The Balaban J connectivity index is 2.17. The van der Waals surface area contributed by atoms with Crippen molar-refractivity contribution in [2.75, 3.05) is 0 Å². The minimum absolute atomic E-state index is 0.161. The SMILES string of the molecule is O=C1CCC(O)(Cc2c(F)cccc2Cl)CC1. The van der Waals surface area contributed by atoms with Crippen LogP contribution >= 0.6 is 11.6 Å². The molecule has 0 atom stereocenters. The molecule has 2 nitrogen and oxygen atoms in total. The van der Waals surface area contributed by atoms with Gasteiger partial charge in [0.05, 0.1) is 5.60 Å². The molecular weight excluding hydrogens is 243 g/mol. The van der Waals surface area contributed by atoms with Gasteiger partial charge in [-0.1, -0.05) is 17.7 Å². The quantitative estimate of drug-likeness (QED) is 0.883. The Labute approximate surface area is 104 Å². The molecule has 0 aromatic heterocycles. The minimum Gasteiger partial charge on any atom is -0.390 e. The van der Waals surface area contributed by atoms with Gasteiger partial charge in [-0.3, -0.25) is 4.79 Å². The predicted molar refractivity (Wildman–Crippen MR) is 63.5 cm³/mol. The number of aliphatic hydroxyl groups is 1. The van der Waals surface area contributed by atoms with Crippen LogP contribution in [0.1, 0.15) is 31.2 Å². The van der Waals surface area contributed by atoms with Crippen molar-refractivity contribution in [1.29, 1.82) is 0 Å². The Morgan fingerprint density at radius 1 is 1.35 bits per heavy atom. The highest BCUT2D eigenvalue weighted by Gasteiger charge is 2.33. The Hall–Kier alpha value is -0.930. The van der Waals surface area contributed by atoms with E-state index in [-0.39, 0.29) is 12.2 Å². The molecule has 1 aromatic carbocycles. The van der Waals surface area contributed by atoms with Crippen LogP contribution < -0.4 is 0 Å². The molecule has 4 heteroatoms. The lowest BCUT2D eigenvalue weighted by atomic mass is 9.80. The summed E-state index contributed by atoms with van der Waals surface area (Å²) >= 11 is 5.92. The third-order valence-corrected chi connectivity index (χ3v) is 3.66. The summed E-state index contributed by atoms with van der Waals surface area (Å²) in [6.07, 6.45) is 1.67. The minimum atomic E-state index is -1.00. The maximum absolute atomic E-state index is 13.6. The van der Waals surface area contributed by atoms with Crippen LogP contribution in [0.15, 0.2) is 18.2 Å². The smallest absolute Gasteiger partial charge is 0.133 e. The first-order valence-electron chi connectivity index (χ1n) is 5.67. The number of rotatable bonds is 2. The van der Waals surface area contributed by atoms with E-state index in [9.17, 15) is 14.3 Å². The Morgan fingerprint density at radius 2 is 2.00 bits per heavy atom. The molecule has 0 amide bonds. The summed E-state index contributed by atoms with van der Waals surface area (Å²) in [4.78, 5) is 11.1. The van der Waals surface area contributed by atoms with E-state index in [1.807, 2.05) is 0 Å². The Morgan fingerprint density at radius 3 is 2.59 bits per heavy atom. The molecule has 1 aromatic rings. The van der Waals surface area contributed by atoms with E-state index in [0.717, 1.165) is 0 Å². The Bertz CT molecular complexity index is 415. The molecule has 1 aliphatic carbocycles. The van der Waals surface area contributed by atoms with Crippen molar-refractivity contribution in [2.45, 2.75) is 37.7 Å². The summed E-state index contributed by atoms with van der Waals surface area (Å²) in [5, 5.41) is 10.6. The molecule has 0 heterocycles. The molecule has 0 aliphatic heterocycles. The van der Waals surface area contributed by atoms with Crippen LogP contribution in [-0.4, -0.2) is 16.5 Å². The summed E-state index contributed by atoms with van der Waals surface area (Å²) in [5.74, 6) is -0.239. The van der Waals surface area contributed by atoms with Crippen LogP contribution in [0.25, 0.3) is 0 Å². The van der Waals surface area contributed by atoms with Gasteiger partial charge >= 0.3 is 0 Å². The van der Waals surface area contributed by atoms with Crippen molar-refractivity contribution >= 4 is 17.4 Å². The predicted octanol–water partition coefficient (Wildman–Crippen LogP) is 2.90. The van der Waals surface area contributed by atoms with Gasteiger partial charge in [0.1, 0.15) is 11.6 Å². The van der Waals surface area contributed by atoms with Gasteiger partial charge < -0.3 is 5.11 Å². The van der Waals surface area contributed by atoms with Gasteiger partial charge in [-0.2, -0.15) is 0 Å². The van der Waals surface area contributed by atoms with Crippen molar-refractivity contribution in [1.82, 2.24) is 0 Å². The second kappa shape index (κ2) is 4.75. The molecule has 17 heavy (non-hydrogen) atoms. The monoisotopic (exact) mass is 256 g/mol. The average molecular weight is 257 g/mol. The van der Waals surface area contributed by atoms with Crippen LogP contribution in [0.5, 0.6) is 0 Å². The standard InChI is InChI=1S/C13H14ClFO2/c14-11-2-1-3-12(15)10(11)8-13(17)6-4-9(16)5-7-13/h1-3,17H,4-8H2. The maximum Gasteiger partial charge on any atom is 0.133 e. The summed E-state index contributed by atoms with van der Waals surface area (Å²) in [6.45, 7) is 0. The molecule has 0 saturated heterocycles. The van der Waals surface area contributed by atoms with Crippen molar-refractivity contribution in [3.8, 4) is 0 Å². The van der Waals surface area contributed by atoms with Gasteiger partial charge in [-0.25, -0.2) is 4.39 Å². The molecule has 92 valence electrons. The Kier molecular flexibility index (Phi) is 3.50. The van der Waals surface area contributed by atoms with Crippen LogP contribution in [0.3, 0.4) is 0 Å². The number of carbonyl (C=O) groups is 1. The highest BCUT2D eigenvalue weighted by atomic mass is 35.5. The molecule has 1 saturated carbocycles. The fraction of sp³-hybridized carbons (Fsp3) is 0.462. The third-order valence-electron chi connectivity index (χ3n) is 3.31. The number of Topliss-reactive ketones (excluding diaryl/α,β-unsaturated/α-hetero) is 1. The normalized spacial score (nSPS) is 19.4. The molecule has 1 aliphatic rings. The lowest BCUT2D eigenvalue weighted by molar-refractivity contribution is -0.125. The van der Waals surface area contributed by atoms with Crippen LogP contribution in [0.4, 0.5) is 4.39 Å². The van der Waals surface area contributed by atoms with Crippen LogP contribution in [-0.2, 0) is 11.2 Å². The molecule has 0 unspecified atom stereocenters. The highest BCUT2D eigenvalue weighted by molar-refractivity contribution is 6.31. The van der Waals surface area contributed by atoms with E-state index in [4.69, 9.17) is 11.6 Å².